The lowest BCUT2D eigenvalue weighted by atomic mass is 10.2. The van der Waals surface area contributed by atoms with E-state index in [1.165, 1.54) is 0 Å². The van der Waals surface area contributed by atoms with Gasteiger partial charge in [-0.2, -0.15) is 0 Å². The molecule has 1 N–H and O–H groups in total. The largest absolute Gasteiger partial charge is 0.496 e. The highest BCUT2D eigenvalue weighted by Gasteiger charge is 2.11. The number of carboxylic acids is 1. The van der Waals surface area contributed by atoms with Gasteiger partial charge in [-0.05, 0) is 28.1 Å². The van der Waals surface area contributed by atoms with Gasteiger partial charge in [0.05, 0.1) is 17.3 Å². The zero-order valence-corrected chi connectivity index (χ0v) is 11.2. The molecule has 0 spiro atoms. The van der Waals surface area contributed by atoms with Crippen molar-refractivity contribution in [3.8, 4) is 17.0 Å². The predicted octanol–water partition coefficient (Wildman–Crippen LogP) is 3.28. The summed E-state index contributed by atoms with van der Waals surface area (Å²) in [6.07, 6.45) is 0. The van der Waals surface area contributed by atoms with Crippen LogP contribution in [0, 0.1) is 0 Å². The quantitative estimate of drug-likeness (QED) is 0.944. The molecule has 0 aliphatic heterocycles. The fourth-order valence-electron chi connectivity index (χ4n) is 1.32. The lowest BCUT2D eigenvalue weighted by Crippen LogP contribution is -1.94. The Morgan fingerprint density at radius 3 is 2.88 bits per heavy atom. The number of hydrogen-bond acceptors (Lipinski definition) is 4. The van der Waals surface area contributed by atoms with Gasteiger partial charge in [-0.3, -0.25) is 0 Å². The highest BCUT2D eigenvalue weighted by atomic mass is 79.9. The molecule has 0 aliphatic rings. The van der Waals surface area contributed by atoms with Gasteiger partial charge in [0.15, 0.2) is 0 Å². The number of methoxy groups -OCH3 is 1. The Bertz CT molecular complexity index is 568. The van der Waals surface area contributed by atoms with Crippen LogP contribution in [0.5, 0.6) is 5.75 Å². The Morgan fingerprint density at radius 2 is 2.29 bits per heavy atom. The maximum absolute atomic E-state index is 10.7. The highest BCUT2D eigenvalue weighted by Crippen LogP contribution is 2.31. The fourth-order valence-corrected chi connectivity index (χ4v) is 2.40. The Morgan fingerprint density at radius 1 is 1.53 bits per heavy atom. The molecule has 0 fully saturated rings. The predicted molar refractivity (Wildman–Crippen MR) is 68.8 cm³/mol. The van der Waals surface area contributed by atoms with Crippen LogP contribution in [-0.2, 0) is 0 Å². The lowest BCUT2D eigenvalue weighted by Gasteiger charge is -2.04. The molecule has 88 valence electrons. The Balaban J connectivity index is 2.42. The number of nitrogens with zero attached hydrogens (tertiary/aromatic N) is 1. The highest BCUT2D eigenvalue weighted by molar-refractivity contribution is 9.10. The van der Waals surface area contributed by atoms with Gasteiger partial charge in [0.1, 0.15) is 5.75 Å². The van der Waals surface area contributed by atoms with Crippen LogP contribution in [0.2, 0.25) is 0 Å². The summed E-state index contributed by atoms with van der Waals surface area (Å²) in [5, 5.41) is 10.6. The van der Waals surface area contributed by atoms with E-state index in [0.717, 1.165) is 21.4 Å². The maximum atomic E-state index is 10.7. The van der Waals surface area contributed by atoms with E-state index >= 15 is 0 Å². The van der Waals surface area contributed by atoms with Crippen LogP contribution in [0.15, 0.2) is 28.1 Å². The average Bonchev–Trinajstić information content (AvgIpc) is 2.79. The van der Waals surface area contributed by atoms with Crippen molar-refractivity contribution in [3.05, 3.63) is 33.1 Å². The molecule has 2 aromatic rings. The number of carbonyl (C=O) groups is 1. The smallest absolute Gasteiger partial charge is 0.365 e. The molecular formula is C11H8BrNO3S. The van der Waals surface area contributed by atoms with E-state index in [2.05, 4.69) is 20.9 Å². The standard InChI is InChI=1S/C11H8BrNO3S/c1-16-9-4-6(2-3-7(9)12)8-5-17-10(13-8)11(14)15/h2-5H,1H3,(H,14,15). The maximum Gasteiger partial charge on any atom is 0.365 e. The number of ether oxygens (including phenoxy) is 1. The molecule has 0 unspecified atom stereocenters. The number of aromatic carboxylic acids is 1. The number of halogens is 1. The second-order valence-electron chi connectivity index (χ2n) is 3.19. The Labute approximate surface area is 110 Å². The molecule has 1 heterocycles. The number of hydrogen-bond donors (Lipinski definition) is 1. The number of rotatable bonds is 3. The molecule has 0 atom stereocenters. The first-order valence-corrected chi connectivity index (χ1v) is 6.32. The third-order valence-electron chi connectivity index (χ3n) is 2.13. The van der Waals surface area contributed by atoms with E-state index in [0.29, 0.717) is 11.4 Å². The van der Waals surface area contributed by atoms with Crippen molar-refractivity contribution in [2.75, 3.05) is 7.11 Å². The van der Waals surface area contributed by atoms with Crippen LogP contribution in [0.3, 0.4) is 0 Å². The van der Waals surface area contributed by atoms with Crippen molar-refractivity contribution in [1.82, 2.24) is 4.98 Å². The molecule has 6 heteroatoms. The lowest BCUT2D eigenvalue weighted by molar-refractivity contribution is 0.0696. The summed E-state index contributed by atoms with van der Waals surface area (Å²) in [4.78, 5) is 14.8. The minimum Gasteiger partial charge on any atom is -0.496 e. The summed E-state index contributed by atoms with van der Waals surface area (Å²) in [7, 11) is 1.58. The van der Waals surface area contributed by atoms with Crippen molar-refractivity contribution in [1.29, 1.82) is 0 Å². The number of benzene rings is 1. The average molecular weight is 314 g/mol. The molecule has 0 saturated carbocycles. The van der Waals surface area contributed by atoms with Gasteiger partial charge >= 0.3 is 5.97 Å². The first-order chi connectivity index (χ1) is 8.11. The molecule has 1 aromatic heterocycles. The molecule has 0 radical (unpaired) electrons. The summed E-state index contributed by atoms with van der Waals surface area (Å²) >= 11 is 4.46. The van der Waals surface area contributed by atoms with Crippen LogP contribution in [0.25, 0.3) is 11.3 Å². The van der Waals surface area contributed by atoms with E-state index in [1.807, 2.05) is 18.2 Å². The zero-order valence-electron chi connectivity index (χ0n) is 8.81. The number of thiazole rings is 1. The monoisotopic (exact) mass is 313 g/mol. The van der Waals surface area contributed by atoms with E-state index in [4.69, 9.17) is 9.84 Å². The molecule has 0 amide bonds. The first-order valence-electron chi connectivity index (χ1n) is 4.64. The molecule has 0 aliphatic carbocycles. The summed E-state index contributed by atoms with van der Waals surface area (Å²) in [6, 6.07) is 5.51. The molecular weight excluding hydrogens is 306 g/mol. The summed E-state index contributed by atoms with van der Waals surface area (Å²) in [6.45, 7) is 0. The molecule has 0 saturated heterocycles. The van der Waals surface area contributed by atoms with Gasteiger partial charge < -0.3 is 9.84 Å². The van der Waals surface area contributed by atoms with Gasteiger partial charge in [0.25, 0.3) is 0 Å². The van der Waals surface area contributed by atoms with Crippen LogP contribution in [0.4, 0.5) is 0 Å². The minimum absolute atomic E-state index is 0.0851. The Kier molecular flexibility index (Phi) is 3.44. The van der Waals surface area contributed by atoms with Gasteiger partial charge in [-0.15, -0.1) is 11.3 Å². The third-order valence-corrected chi connectivity index (χ3v) is 3.62. The topological polar surface area (TPSA) is 59.4 Å². The van der Waals surface area contributed by atoms with Gasteiger partial charge in [0.2, 0.25) is 5.01 Å². The molecule has 17 heavy (non-hydrogen) atoms. The second-order valence-corrected chi connectivity index (χ2v) is 4.90. The Hall–Kier alpha value is -1.40. The first kappa shape index (κ1) is 12.1. The van der Waals surface area contributed by atoms with E-state index in [9.17, 15) is 4.79 Å². The molecule has 2 rings (SSSR count). The minimum atomic E-state index is -1.01. The normalized spacial score (nSPS) is 10.2. The van der Waals surface area contributed by atoms with Gasteiger partial charge in [-0.1, -0.05) is 6.07 Å². The van der Waals surface area contributed by atoms with Crippen LogP contribution < -0.4 is 4.74 Å². The summed E-state index contributed by atoms with van der Waals surface area (Å²) in [5.74, 6) is -0.322. The third kappa shape index (κ3) is 2.48. The van der Waals surface area contributed by atoms with E-state index < -0.39 is 5.97 Å². The summed E-state index contributed by atoms with van der Waals surface area (Å²) in [5.41, 5.74) is 1.46. The van der Waals surface area contributed by atoms with E-state index in [1.54, 1.807) is 12.5 Å². The van der Waals surface area contributed by atoms with Crippen molar-refractivity contribution in [3.63, 3.8) is 0 Å². The molecule has 4 nitrogen and oxygen atoms in total. The fraction of sp³-hybridized carbons (Fsp3) is 0.0909. The number of aromatic nitrogens is 1. The summed E-state index contributed by atoms with van der Waals surface area (Å²) < 4.78 is 6.02. The SMILES string of the molecule is COc1cc(-c2csc(C(=O)O)n2)ccc1Br. The molecule has 0 bridgehead atoms. The van der Waals surface area contributed by atoms with Crippen LogP contribution in [0.1, 0.15) is 9.80 Å². The second kappa shape index (κ2) is 4.85. The van der Waals surface area contributed by atoms with Crippen molar-refractivity contribution in [2.24, 2.45) is 0 Å². The van der Waals surface area contributed by atoms with Gasteiger partial charge in [-0.25, -0.2) is 9.78 Å². The van der Waals surface area contributed by atoms with Crippen molar-refractivity contribution < 1.29 is 14.6 Å². The van der Waals surface area contributed by atoms with Gasteiger partial charge in [0, 0.05) is 10.9 Å². The number of carboxylic acid groups (broad SMARTS) is 1. The van der Waals surface area contributed by atoms with Crippen LogP contribution >= 0.6 is 27.3 Å². The van der Waals surface area contributed by atoms with Crippen molar-refractivity contribution in [2.45, 2.75) is 0 Å². The van der Waals surface area contributed by atoms with E-state index in [-0.39, 0.29) is 5.01 Å². The molecule has 1 aromatic carbocycles. The van der Waals surface area contributed by atoms with Crippen LogP contribution in [-0.4, -0.2) is 23.2 Å². The van der Waals surface area contributed by atoms with Crippen molar-refractivity contribution >= 4 is 33.2 Å². The zero-order chi connectivity index (χ0) is 12.4.